The van der Waals surface area contributed by atoms with Crippen LogP contribution in [0.25, 0.3) is 21.8 Å². The molecule has 3 rings (SSSR count). The summed E-state index contributed by atoms with van der Waals surface area (Å²) in [6.07, 6.45) is 0.785. The van der Waals surface area contributed by atoms with Crippen LogP contribution in [0.5, 0.6) is 0 Å². The van der Waals surface area contributed by atoms with E-state index in [0.29, 0.717) is 6.54 Å². The number of carbonyl (C=O) groups is 2. The molecule has 0 saturated carbocycles. The minimum atomic E-state index is -0.929. The largest absolute Gasteiger partial charge is 0.480 e. The molecule has 0 aliphatic carbocycles. The molecule has 0 aliphatic heterocycles. The number of aromatic nitrogens is 1. The number of fused-ring (bicyclic) bond motifs is 3. The van der Waals surface area contributed by atoms with E-state index in [1.54, 1.807) is 11.8 Å². The molecule has 0 radical (unpaired) electrons. The van der Waals surface area contributed by atoms with Crippen molar-refractivity contribution in [2.75, 3.05) is 18.4 Å². The van der Waals surface area contributed by atoms with E-state index in [-0.39, 0.29) is 24.9 Å². The molecule has 2 aromatic carbocycles. The molecule has 1 heterocycles. The van der Waals surface area contributed by atoms with E-state index in [1.165, 1.54) is 5.52 Å². The van der Waals surface area contributed by atoms with E-state index in [4.69, 9.17) is 5.11 Å². The summed E-state index contributed by atoms with van der Waals surface area (Å²) in [4.78, 5) is 25.5. The number of hydrogen-bond donors (Lipinski definition) is 2. The van der Waals surface area contributed by atoms with Crippen LogP contribution >= 0.6 is 12.4 Å². The number of carbonyl (C=O) groups excluding carboxylic acids is 1. The van der Waals surface area contributed by atoms with Crippen molar-refractivity contribution in [2.24, 2.45) is 0 Å². The molecule has 29 heavy (non-hydrogen) atoms. The zero-order chi connectivity index (χ0) is 20.3. The molecular formula is C22H28ClN3O3. The highest BCUT2D eigenvalue weighted by atomic mass is 35.5. The molecule has 1 amide bonds. The van der Waals surface area contributed by atoms with Gasteiger partial charge in [-0.1, -0.05) is 25.1 Å². The first kappa shape index (κ1) is 22.7. The molecule has 0 saturated heterocycles. The van der Waals surface area contributed by atoms with Crippen LogP contribution in [0.15, 0.2) is 42.5 Å². The predicted molar refractivity (Wildman–Crippen MR) is 120 cm³/mol. The van der Waals surface area contributed by atoms with Gasteiger partial charge in [0.15, 0.2) is 0 Å². The second-order valence-electron chi connectivity index (χ2n) is 7.02. The average Bonchev–Trinajstić information content (AvgIpc) is 2.99. The summed E-state index contributed by atoms with van der Waals surface area (Å²) < 4.78 is 2.26. The number of halogens is 1. The van der Waals surface area contributed by atoms with Gasteiger partial charge in [0.1, 0.15) is 0 Å². The van der Waals surface area contributed by atoms with Crippen molar-refractivity contribution in [2.45, 2.75) is 39.8 Å². The number of benzene rings is 2. The fourth-order valence-electron chi connectivity index (χ4n) is 3.76. The second-order valence-corrected chi connectivity index (χ2v) is 7.02. The summed E-state index contributed by atoms with van der Waals surface area (Å²) in [5.41, 5.74) is 3.02. The van der Waals surface area contributed by atoms with Gasteiger partial charge in [0.25, 0.3) is 0 Å². The van der Waals surface area contributed by atoms with Crippen LogP contribution in [-0.2, 0) is 16.1 Å². The molecule has 7 heteroatoms. The summed E-state index contributed by atoms with van der Waals surface area (Å²) in [5.74, 6) is -1.13. The number of nitrogens with one attached hydrogen (secondary N) is 1. The smallest absolute Gasteiger partial charge is 0.317 e. The van der Waals surface area contributed by atoms with Gasteiger partial charge < -0.3 is 15.0 Å². The standard InChI is InChI=1S/C22H27N3O3.ClH/c1-4-12-24(14-21(26)27)15(3)22(28)23-16-10-11-20-18(13-16)17-8-6-7-9-19(17)25(20)5-2;/h6-11,13,15H,4-5,12,14H2,1-3H3,(H,23,28)(H,26,27);1H. The van der Waals surface area contributed by atoms with E-state index in [9.17, 15) is 9.59 Å². The topological polar surface area (TPSA) is 74.6 Å². The normalized spacial score (nSPS) is 12.1. The van der Waals surface area contributed by atoms with E-state index >= 15 is 0 Å². The Hall–Kier alpha value is -2.57. The number of carboxylic acid groups (broad SMARTS) is 1. The van der Waals surface area contributed by atoms with Crippen LogP contribution in [0.4, 0.5) is 5.69 Å². The lowest BCUT2D eigenvalue weighted by molar-refractivity contribution is -0.139. The van der Waals surface area contributed by atoms with E-state index < -0.39 is 12.0 Å². The van der Waals surface area contributed by atoms with Crippen molar-refractivity contribution in [1.82, 2.24) is 9.47 Å². The molecule has 1 atom stereocenters. The van der Waals surface area contributed by atoms with Gasteiger partial charge in [-0.05, 0) is 51.1 Å². The molecule has 0 spiro atoms. The molecule has 1 unspecified atom stereocenters. The monoisotopic (exact) mass is 417 g/mol. The van der Waals surface area contributed by atoms with Crippen LogP contribution in [-0.4, -0.2) is 45.6 Å². The number of aliphatic carboxylic acids is 1. The molecule has 1 aromatic heterocycles. The minimum Gasteiger partial charge on any atom is -0.480 e. The van der Waals surface area contributed by atoms with Gasteiger partial charge in [-0.2, -0.15) is 0 Å². The first-order valence-corrected chi connectivity index (χ1v) is 9.74. The number of rotatable bonds is 8. The van der Waals surface area contributed by atoms with Crippen LogP contribution in [0.2, 0.25) is 0 Å². The maximum Gasteiger partial charge on any atom is 0.317 e. The van der Waals surface area contributed by atoms with E-state index in [1.807, 2.05) is 37.3 Å². The van der Waals surface area contributed by atoms with Gasteiger partial charge in [-0.3, -0.25) is 14.5 Å². The fourth-order valence-corrected chi connectivity index (χ4v) is 3.76. The average molecular weight is 418 g/mol. The molecule has 0 fully saturated rings. The van der Waals surface area contributed by atoms with Gasteiger partial charge in [0.2, 0.25) is 5.91 Å². The van der Waals surface area contributed by atoms with Gasteiger partial charge in [0, 0.05) is 34.0 Å². The Bertz CT molecular complexity index is 1020. The van der Waals surface area contributed by atoms with Crippen molar-refractivity contribution in [3.05, 3.63) is 42.5 Å². The SMILES string of the molecule is CCCN(CC(=O)O)C(C)C(=O)Nc1ccc2c(c1)c1ccccc1n2CC.Cl. The van der Waals surface area contributed by atoms with Crippen molar-refractivity contribution < 1.29 is 14.7 Å². The Morgan fingerprint density at radius 2 is 1.79 bits per heavy atom. The van der Waals surface area contributed by atoms with Gasteiger partial charge in [-0.15, -0.1) is 12.4 Å². The molecular weight excluding hydrogens is 390 g/mol. The zero-order valence-corrected chi connectivity index (χ0v) is 17.8. The lowest BCUT2D eigenvalue weighted by Gasteiger charge is -2.26. The first-order chi connectivity index (χ1) is 13.5. The maximum absolute atomic E-state index is 12.7. The lowest BCUT2D eigenvalue weighted by Crippen LogP contribution is -2.44. The lowest BCUT2D eigenvalue weighted by atomic mass is 10.1. The second kappa shape index (κ2) is 9.76. The minimum absolute atomic E-state index is 0. The Kier molecular flexibility index (Phi) is 7.65. The summed E-state index contributed by atoms with van der Waals surface area (Å²) in [7, 11) is 0. The predicted octanol–water partition coefficient (Wildman–Crippen LogP) is 4.36. The Morgan fingerprint density at radius 3 is 2.45 bits per heavy atom. The molecule has 0 bridgehead atoms. The number of para-hydroxylation sites is 1. The Balaban J connectivity index is 0.00000300. The van der Waals surface area contributed by atoms with Crippen LogP contribution in [0.3, 0.4) is 0 Å². The quantitative estimate of drug-likeness (QED) is 0.571. The zero-order valence-electron chi connectivity index (χ0n) is 17.0. The third-order valence-electron chi connectivity index (χ3n) is 5.13. The highest BCUT2D eigenvalue weighted by Crippen LogP contribution is 2.31. The highest BCUT2D eigenvalue weighted by Gasteiger charge is 2.23. The molecule has 3 aromatic rings. The van der Waals surface area contributed by atoms with E-state index in [0.717, 1.165) is 34.9 Å². The summed E-state index contributed by atoms with van der Waals surface area (Å²) >= 11 is 0. The first-order valence-electron chi connectivity index (χ1n) is 9.74. The number of anilines is 1. The van der Waals surface area contributed by atoms with Crippen molar-refractivity contribution >= 4 is 51.8 Å². The highest BCUT2D eigenvalue weighted by molar-refractivity contribution is 6.10. The summed E-state index contributed by atoms with van der Waals surface area (Å²) in [6.45, 7) is 7.11. The molecule has 6 nitrogen and oxygen atoms in total. The van der Waals surface area contributed by atoms with Crippen LogP contribution < -0.4 is 5.32 Å². The van der Waals surface area contributed by atoms with Crippen molar-refractivity contribution in [3.63, 3.8) is 0 Å². The van der Waals surface area contributed by atoms with Gasteiger partial charge in [0.05, 0.1) is 12.6 Å². The third-order valence-corrected chi connectivity index (χ3v) is 5.13. The van der Waals surface area contributed by atoms with Crippen LogP contribution in [0.1, 0.15) is 27.2 Å². The molecule has 2 N–H and O–H groups in total. The number of hydrogen-bond acceptors (Lipinski definition) is 3. The fraction of sp³-hybridized carbons (Fsp3) is 0.364. The Labute approximate surface area is 176 Å². The van der Waals surface area contributed by atoms with Crippen molar-refractivity contribution in [1.29, 1.82) is 0 Å². The maximum atomic E-state index is 12.7. The van der Waals surface area contributed by atoms with Crippen molar-refractivity contribution in [3.8, 4) is 0 Å². The van der Waals surface area contributed by atoms with Gasteiger partial charge in [-0.25, -0.2) is 0 Å². The van der Waals surface area contributed by atoms with Crippen LogP contribution in [0, 0.1) is 0 Å². The third kappa shape index (κ3) is 4.71. The number of amides is 1. The Morgan fingerprint density at radius 1 is 1.10 bits per heavy atom. The number of carboxylic acids is 1. The molecule has 0 aliphatic rings. The summed E-state index contributed by atoms with van der Waals surface area (Å²) in [6, 6.07) is 13.6. The van der Waals surface area contributed by atoms with Gasteiger partial charge >= 0.3 is 5.97 Å². The summed E-state index contributed by atoms with van der Waals surface area (Å²) in [5, 5.41) is 14.3. The number of aryl methyl sites for hydroxylation is 1. The number of nitrogens with zero attached hydrogens (tertiary/aromatic N) is 2. The van der Waals surface area contributed by atoms with E-state index in [2.05, 4.69) is 28.9 Å². The molecule has 156 valence electrons.